The minimum atomic E-state index is -0.394. The molecule has 0 aromatic heterocycles. The van der Waals surface area contributed by atoms with Gasteiger partial charge in [0.25, 0.3) is 0 Å². The smallest absolute Gasteiger partial charge is 0.333 e. The SMILES string of the molecule is C=C(C)C(=O)OC(C)COc1cccc2cc3ccccc3cc12. The van der Waals surface area contributed by atoms with Crippen LogP contribution in [0.1, 0.15) is 13.8 Å². The Balaban J connectivity index is 1.83. The molecular formula is C21H20O3. The quantitative estimate of drug-likeness (QED) is 0.382. The summed E-state index contributed by atoms with van der Waals surface area (Å²) in [5, 5.41) is 4.54. The summed E-state index contributed by atoms with van der Waals surface area (Å²) in [5.74, 6) is 0.395. The van der Waals surface area contributed by atoms with Crippen molar-refractivity contribution in [1.82, 2.24) is 0 Å². The Morgan fingerprint density at radius 2 is 1.71 bits per heavy atom. The molecule has 0 heterocycles. The Labute approximate surface area is 141 Å². The van der Waals surface area contributed by atoms with Gasteiger partial charge in [0.15, 0.2) is 0 Å². The third-order valence-electron chi connectivity index (χ3n) is 3.84. The second-order valence-electron chi connectivity index (χ2n) is 5.98. The average Bonchev–Trinajstić information content (AvgIpc) is 2.58. The van der Waals surface area contributed by atoms with Gasteiger partial charge in [0.05, 0.1) is 0 Å². The molecule has 3 aromatic rings. The van der Waals surface area contributed by atoms with Crippen molar-refractivity contribution in [2.24, 2.45) is 0 Å². The van der Waals surface area contributed by atoms with Gasteiger partial charge in [-0.2, -0.15) is 0 Å². The van der Waals surface area contributed by atoms with Crippen LogP contribution < -0.4 is 4.74 Å². The topological polar surface area (TPSA) is 35.5 Å². The molecule has 0 radical (unpaired) electrons. The van der Waals surface area contributed by atoms with Gasteiger partial charge in [0.2, 0.25) is 0 Å². The minimum absolute atomic E-state index is 0.297. The van der Waals surface area contributed by atoms with Gasteiger partial charge in [-0.25, -0.2) is 4.79 Å². The lowest BCUT2D eigenvalue weighted by molar-refractivity contribution is -0.144. The molecule has 1 unspecified atom stereocenters. The number of ether oxygens (including phenoxy) is 2. The number of hydrogen-bond acceptors (Lipinski definition) is 3. The number of carbonyl (C=O) groups is 1. The Morgan fingerprint density at radius 3 is 2.42 bits per heavy atom. The lowest BCUT2D eigenvalue weighted by Gasteiger charge is -2.16. The maximum atomic E-state index is 11.5. The van der Waals surface area contributed by atoms with E-state index in [0.717, 1.165) is 16.5 Å². The molecule has 3 heteroatoms. The van der Waals surface area contributed by atoms with Crippen molar-refractivity contribution in [1.29, 1.82) is 0 Å². The normalized spacial score (nSPS) is 12.1. The molecule has 122 valence electrons. The van der Waals surface area contributed by atoms with Crippen molar-refractivity contribution < 1.29 is 14.3 Å². The molecule has 0 N–H and O–H groups in total. The summed E-state index contributed by atoms with van der Waals surface area (Å²) >= 11 is 0. The molecule has 0 aliphatic rings. The van der Waals surface area contributed by atoms with E-state index in [9.17, 15) is 4.79 Å². The predicted molar refractivity (Wildman–Crippen MR) is 97.3 cm³/mol. The van der Waals surface area contributed by atoms with Crippen LogP contribution in [0.5, 0.6) is 5.75 Å². The summed E-state index contributed by atoms with van der Waals surface area (Å²) in [6.07, 6.45) is -0.343. The number of fused-ring (bicyclic) bond motifs is 2. The Bertz CT molecular complexity index is 911. The summed E-state index contributed by atoms with van der Waals surface area (Å²) in [6.45, 7) is 7.32. The minimum Gasteiger partial charge on any atom is -0.489 e. The van der Waals surface area contributed by atoms with Gasteiger partial charge in [0.1, 0.15) is 18.5 Å². The fraction of sp³-hybridized carbons (Fsp3) is 0.190. The molecule has 0 bridgehead atoms. The van der Waals surface area contributed by atoms with Crippen LogP contribution in [0.3, 0.4) is 0 Å². The van der Waals surface area contributed by atoms with Gasteiger partial charge in [0, 0.05) is 11.0 Å². The molecule has 0 saturated carbocycles. The highest BCUT2D eigenvalue weighted by Gasteiger charge is 2.12. The van der Waals surface area contributed by atoms with Crippen LogP contribution in [-0.4, -0.2) is 18.7 Å². The van der Waals surface area contributed by atoms with Crippen LogP contribution in [0, 0.1) is 0 Å². The highest BCUT2D eigenvalue weighted by atomic mass is 16.6. The Kier molecular flexibility index (Phi) is 4.52. The Morgan fingerprint density at radius 1 is 1.04 bits per heavy atom. The third-order valence-corrected chi connectivity index (χ3v) is 3.84. The van der Waals surface area contributed by atoms with E-state index in [-0.39, 0.29) is 6.10 Å². The van der Waals surface area contributed by atoms with Crippen LogP contribution in [0.4, 0.5) is 0 Å². The zero-order chi connectivity index (χ0) is 17.1. The summed E-state index contributed by atoms with van der Waals surface area (Å²) in [4.78, 5) is 11.5. The first kappa shape index (κ1) is 16.1. The first-order valence-electron chi connectivity index (χ1n) is 7.95. The van der Waals surface area contributed by atoms with Crippen molar-refractivity contribution in [3.05, 3.63) is 66.7 Å². The molecule has 3 nitrogen and oxygen atoms in total. The number of carbonyl (C=O) groups excluding carboxylic acids is 1. The lowest BCUT2D eigenvalue weighted by Crippen LogP contribution is -2.22. The summed E-state index contributed by atoms with van der Waals surface area (Å²) < 4.78 is 11.2. The van der Waals surface area contributed by atoms with Gasteiger partial charge < -0.3 is 9.47 Å². The molecule has 0 saturated heterocycles. The maximum Gasteiger partial charge on any atom is 0.333 e. The van der Waals surface area contributed by atoms with Crippen molar-refractivity contribution in [2.75, 3.05) is 6.61 Å². The van der Waals surface area contributed by atoms with E-state index in [1.165, 1.54) is 10.8 Å². The zero-order valence-corrected chi connectivity index (χ0v) is 13.9. The van der Waals surface area contributed by atoms with E-state index >= 15 is 0 Å². The molecule has 0 amide bonds. The lowest BCUT2D eigenvalue weighted by atomic mass is 10.0. The van der Waals surface area contributed by atoms with Crippen LogP contribution in [0.15, 0.2) is 66.7 Å². The van der Waals surface area contributed by atoms with Crippen molar-refractivity contribution in [3.8, 4) is 5.75 Å². The van der Waals surface area contributed by atoms with E-state index in [0.29, 0.717) is 12.2 Å². The molecule has 1 atom stereocenters. The predicted octanol–water partition coefficient (Wildman–Crippen LogP) is 4.88. The zero-order valence-electron chi connectivity index (χ0n) is 13.9. The molecule has 3 aromatic carbocycles. The second kappa shape index (κ2) is 6.75. The van der Waals surface area contributed by atoms with Crippen molar-refractivity contribution in [2.45, 2.75) is 20.0 Å². The van der Waals surface area contributed by atoms with Gasteiger partial charge in [-0.15, -0.1) is 0 Å². The highest BCUT2D eigenvalue weighted by molar-refractivity contribution is 6.00. The number of hydrogen-bond donors (Lipinski definition) is 0. The summed E-state index contributed by atoms with van der Waals surface area (Å²) in [6, 6.07) is 18.5. The molecule has 0 spiro atoms. The molecular weight excluding hydrogens is 300 g/mol. The standard InChI is InChI=1S/C21H20O3/c1-14(2)21(22)24-15(3)13-23-20-10-6-9-18-11-16-7-4-5-8-17(16)12-19(18)20/h4-12,15H,1,13H2,2-3H3. The molecule has 0 fully saturated rings. The van der Waals surface area contributed by atoms with Crippen LogP contribution in [-0.2, 0) is 9.53 Å². The number of esters is 1. The maximum absolute atomic E-state index is 11.5. The number of benzene rings is 3. The van der Waals surface area contributed by atoms with E-state index in [1.807, 2.05) is 24.3 Å². The molecule has 3 rings (SSSR count). The highest BCUT2D eigenvalue weighted by Crippen LogP contribution is 2.30. The Hall–Kier alpha value is -2.81. The summed E-state index contributed by atoms with van der Waals surface area (Å²) in [5.41, 5.74) is 0.387. The van der Waals surface area contributed by atoms with Gasteiger partial charge in [-0.3, -0.25) is 0 Å². The van der Waals surface area contributed by atoms with Gasteiger partial charge in [-0.05, 0) is 48.2 Å². The fourth-order valence-electron chi connectivity index (χ4n) is 2.59. The van der Waals surface area contributed by atoms with Crippen LogP contribution >= 0.6 is 0 Å². The van der Waals surface area contributed by atoms with Gasteiger partial charge in [-0.1, -0.05) is 43.0 Å². The van der Waals surface area contributed by atoms with Crippen molar-refractivity contribution in [3.63, 3.8) is 0 Å². The molecule has 0 aliphatic carbocycles. The van der Waals surface area contributed by atoms with E-state index in [1.54, 1.807) is 13.8 Å². The van der Waals surface area contributed by atoms with E-state index in [2.05, 4.69) is 36.9 Å². The van der Waals surface area contributed by atoms with Crippen molar-refractivity contribution >= 4 is 27.5 Å². The number of rotatable bonds is 5. The average molecular weight is 320 g/mol. The van der Waals surface area contributed by atoms with Gasteiger partial charge >= 0.3 is 5.97 Å². The van der Waals surface area contributed by atoms with E-state index < -0.39 is 5.97 Å². The molecule has 24 heavy (non-hydrogen) atoms. The fourth-order valence-corrected chi connectivity index (χ4v) is 2.59. The van der Waals surface area contributed by atoms with Crippen LogP contribution in [0.25, 0.3) is 21.5 Å². The largest absolute Gasteiger partial charge is 0.489 e. The van der Waals surface area contributed by atoms with Crippen LogP contribution in [0.2, 0.25) is 0 Å². The second-order valence-corrected chi connectivity index (χ2v) is 5.98. The monoisotopic (exact) mass is 320 g/mol. The first-order chi connectivity index (χ1) is 11.5. The third kappa shape index (κ3) is 3.40. The molecule has 0 aliphatic heterocycles. The summed E-state index contributed by atoms with van der Waals surface area (Å²) in [7, 11) is 0. The first-order valence-corrected chi connectivity index (χ1v) is 7.95. The van der Waals surface area contributed by atoms with E-state index in [4.69, 9.17) is 9.47 Å².